The number of pyridine rings is 1. The molecule has 1 amide bonds. The van der Waals surface area contributed by atoms with Crippen LogP contribution in [0.5, 0.6) is 0 Å². The number of carbonyl (C=O) groups is 1. The molecular formula is C15H26N4O2. The predicted molar refractivity (Wildman–Crippen MR) is 83.9 cm³/mol. The van der Waals surface area contributed by atoms with Crippen LogP contribution in [0.4, 0.5) is 5.82 Å². The van der Waals surface area contributed by atoms with Crippen molar-refractivity contribution in [2.75, 3.05) is 25.1 Å². The number of aliphatic hydroxyl groups excluding tert-OH is 1. The lowest BCUT2D eigenvalue weighted by molar-refractivity contribution is 0.0719. The van der Waals surface area contributed by atoms with Crippen LogP contribution in [-0.4, -0.2) is 40.6 Å². The fraction of sp³-hybridized carbons (Fsp3) is 0.600. The zero-order valence-electron chi connectivity index (χ0n) is 12.9. The van der Waals surface area contributed by atoms with Gasteiger partial charge in [0, 0.05) is 24.3 Å². The van der Waals surface area contributed by atoms with Crippen molar-refractivity contribution >= 4 is 11.7 Å². The number of nitrogens with two attached hydrogens (primary N) is 1. The van der Waals surface area contributed by atoms with E-state index in [-0.39, 0.29) is 12.5 Å². The first kappa shape index (κ1) is 17.4. The highest BCUT2D eigenvalue weighted by molar-refractivity contribution is 5.95. The Balaban J connectivity index is 2.98. The molecule has 0 saturated heterocycles. The van der Waals surface area contributed by atoms with Gasteiger partial charge in [-0.2, -0.15) is 0 Å². The second-order valence-electron chi connectivity index (χ2n) is 5.00. The fourth-order valence-corrected chi connectivity index (χ4v) is 2.14. The average molecular weight is 294 g/mol. The highest BCUT2D eigenvalue weighted by atomic mass is 16.3. The number of unbranched alkanes of at least 4 members (excludes halogenated alkanes) is 1. The number of hydrazine groups is 1. The maximum atomic E-state index is 12.6. The average Bonchev–Trinajstić information content (AvgIpc) is 2.50. The number of nitrogen functional groups attached to an aromatic ring is 1. The fourth-order valence-electron chi connectivity index (χ4n) is 2.14. The van der Waals surface area contributed by atoms with Gasteiger partial charge in [0.25, 0.3) is 5.91 Å². The summed E-state index contributed by atoms with van der Waals surface area (Å²) in [6, 6.07) is 3.46. The molecule has 0 atom stereocenters. The topological polar surface area (TPSA) is 91.5 Å². The molecule has 0 spiro atoms. The van der Waals surface area contributed by atoms with Crippen molar-refractivity contribution in [3.63, 3.8) is 0 Å². The van der Waals surface area contributed by atoms with E-state index in [9.17, 15) is 4.79 Å². The van der Waals surface area contributed by atoms with Gasteiger partial charge in [0.05, 0.1) is 6.61 Å². The number of carbonyl (C=O) groups excluding carboxylic acids is 1. The number of amides is 1. The van der Waals surface area contributed by atoms with Gasteiger partial charge in [-0.25, -0.2) is 10.8 Å². The van der Waals surface area contributed by atoms with Crippen molar-refractivity contribution in [3.05, 3.63) is 23.4 Å². The standard InChI is InChI=1S/C15H26N4O2/c1-3-5-7-19(8-9-20)15(21)12-10-13(6-4-2)17-14(11-12)18-16/h10-11,20H,3-9,16H2,1-2H3,(H,17,18). The molecule has 0 radical (unpaired) electrons. The monoisotopic (exact) mass is 294 g/mol. The molecule has 1 heterocycles. The van der Waals surface area contributed by atoms with Crippen LogP contribution in [0.1, 0.15) is 49.2 Å². The maximum absolute atomic E-state index is 12.6. The quantitative estimate of drug-likeness (QED) is 0.475. The summed E-state index contributed by atoms with van der Waals surface area (Å²) in [6.07, 6.45) is 3.67. The molecule has 0 fully saturated rings. The minimum absolute atomic E-state index is 0.0374. The van der Waals surface area contributed by atoms with E-state index in [2.05, 4.69) is 24.3 Å². The third-order valence-electron chi connectivity index (χ3n) is 3.22. The van der Waals surface area contributed by atoms with Crippen LogP contribution in [-0.2, 0) is 6.42 Å². The van der Waals surface area contributed by atoms with E-state index in [1.54, 1.807) is 11.0 Å². The Labute approximate surface area is 126 Å². The third kappa shape index (κ3) is 5.32. The van der Waals surface area contributed by atoms with Crippen LogP contribution < -0.4 is 11.3 Å². The van der Waals surface area contributed by atoms with Gasteiger partial charge < -0.3 is 15.4 Å². The molecule has 0 unspecified atom stereocenters. The minimum atomic E-state index is -0.0891. The number of hydrogen-bond acceptors (Lipinski definition) is 5. The summed E-state index contributed by atoms with van der Waals surface area (Å²) in [5.74, 6) is 5.82. The predicted octanol–water partition coefficient (Wildman–Crippen LogP) is 1.55. The van der Waals surface area contributed by atoms with E-state index in [1.807, 2.05) is 6.07 Å². The van der Waals surface area contributed by atoms with Gasteiger partial charge in [-0.3, -0.25) is 4.79 Å². The SMILES string of the molecule is CCCCN(CCO)C(=O)c1cc(CCC)nc(NN)c1. The second-order valence-corrected chi connectivity index (χ2v) is 5.00. The molecule has 0 aliphatic rings. The first-order chi connectivity index (χ1) is 10.2. The lowest BCUT2D eigenvalue weighted by Gasteiger charge is -2.22. The summed E-state index contributed by atoms with van der Waals surface area (Å²) >= 11 is 0. The summed E-state index contributed by atoms with van der Waals surface area (Å²) < 4.78 is 0. The van der Waals surface area contributed by atoms with Crippen LogP contribution in [0.15, 0.2) is 12.1 Å². The van der Waals surface area contributed by atoms with E-state index in [4.69, 9.17) is 10.9 Å². The Bertz CT molecular complexity index is 451. The third-order valence-corrected chi connectivity index (χ3v) is 3.22. The van der Waals surface area contributed by atoms with Gasteiger partial charge in [-0.1, -0.05) is 26.7 Å². The molecule has 0 bridgehead atoms. The van der Waals surface area contributed by atoms with Crippen molar-refractivity contribution < 1.29 is 9.90 Å². The first-order valence-corrected chi connectivity index (χ1v) is 7.53. The normalized spacial score (nSPS) is 10.5. The summed E-state index contributed by atoms with van der Waals surface area (Å²) in [5.41, 5.74) is 3.91. The van der Waals surface area contributed by atoms with Gasteiger partial charge in [0.15, 0.2) is 0 Å². The number of aromatic nitrogens is 1. The van der Waals surface area contributed by atoms with E-state index in [1.165, 1.54) is 0 Å². The molecule has 1 rings (SSSR count). The molecule has 118 valence electrons. The summed E-state index contributed by atoms with van der Waals surface area (Å²) in [5, 5.41) is 9.13. The zero-order valence-corrected chi connectivity index (χ0v) is 12.9. The molecule has 1 aromatic heterocycles. The number of nitrogens with one attached hydrogen (secondary N) is 1. The molecule has 6 heteroatoms. The molecule has 1 aromatic rings. The van der Waals surface area contributed by atoms with E-state index in [0.29, 0.717) is 24.5 Å². The number of anilines is 1. The van der Waals surface area contributed by atoms with Crippen LogP contribution in [0.3, 0.4) is 0 Å². The molecule has 21 heavy (non-hydrogen) atoms. The molecular weight excluding hydrogens is 268 g/mol. The van der Waals surface area contributed by atoms with Gasteiger partial charge >= 0.3 is 0 Å². The van der Waals surface area contributed by atoms with Crippen molar-refractivity contribution in [2.24, 2.45) is 5.84 Å². The maximum Gasteiger partial charge on any atom is 0.254 e. The van der Waals surface area contributed by atoms with Crippen molar-refractivity contribution in [1.29, 1.82) is 0 Å². The Hall–Kier alpha value is -1.66. The summed E-state index contributed by atoms with van der Waals surface area (Å²) in [4.78, 5) is 18.6. The molecule has 4 N–H and O–H groups in total. The zero-order chi connectivity index (χ0) is 15.7. The minimum Gasteiger partial charge on any atom is -0.395 e. The van der Waals surface area contributed by atoms with Crippen molar-refractivity contribution in [3.8, 4) is 0 Å². The smallest absolute Gasteiger partial charge is 0.254 e. The van der Waals surface area contributed by atoms with Crippen LogP contribution in [0, 0.1) is 0 Å². The van der Waals surface area contributed by atoms with Crippen LogP contribution >= 0.6 is 0 Å². The number of nitrogens with zero attached hydrogens (tertiary/aromatic N) is 2. The van der Waals surface area contributed by atoms with E-state index < -0.39 is 0 Å². The second kappa shape index (κ2) is 9.31. The number of aryl methyl sites for hydroxylation is 1. The van der Waals surface area contributed by atoms with Crippen LogP contribution in [0.2, 0.25) is 0 Å². The Morgan fingerprint density at radius 3 is 2.67 bits per heavy atom. The number of hydrogen-bond donors (Lipinski definition) is 3. The van der Waals surface area contributed by atoms with Crippen LogP contribution in [0.25, 0.3) is 0 Å². The molecule has 0 saturated carbocycles. The molecule has 0 aliphatic heterocycles. The van der Waals surface area contributed by atoms with Crippen molar-refractivity contribution in [1.82, 2.24) is 9.88 Å². The molecule has 6 nitrogen and oxygen atoms in total. The van der Waals surface area contributed by atoms with E-state index >= 15 is 0 Å². The lowest BCUT2D eigenvalue weighted by Crippen LogP contribution is -2.34. The lowest BCUT2D eigenvalue weighted by atomic mass is 10.1. The number of rotatable bonds is 9. The first-order valence-electron chi connectivity index (χ1n) is 7.53. The summed E-state index contributed by atoms with van der Waals surface area (Å²) in [6.45, 7) is 5.08. The number of aliphatic hydroxyl groups is 1. The highest BCUT2D eigenvalue weighted by Gasteiger charge is 2.16. The molecule has 0 aliphatic carbocycles. The van der Waals surface area contributed by atoms with Crippen molar-refractivity contribution in [2.45, 2.75) is 39.5 Å². The van der Waals surface area contributed by atoms with Gasteiger partial charge in [0.1, 0.15) is 5.82 Å². The van der Waals surface area contributed by atoms with Gasteiger partial charge in [0.2, 0.25) is 0 Å². The van der Waals surface area contributed by atoms with Gasteiger partial charge in [-0.15, -0.1) is 0 Å². The van der Waals surface area contributed by atoms with E-state index in [0.717, 1.165) is 31.4 Å². The van der Waals surface area contributed by atoms with Gasteiger partial charge in [-0.05, 0) is 25.0 Å². The Morgan fingerprint density at radius 1 is 1.33 bits per heavy atom. The Kier molecular flexibility index (Phi) is 7.71. The summed E-state index contributed by atoms with van der Waals surface area (Å²) in [7, 11) is 0. The Morgan fingerprint density at radius 2 is 2.10 bits per heavy atom. The highest BCUT2D eigenvalue weighted by Crippen LogP contribution is 2.14. The molecule has 0 aromatic carbocycles. The largest absolute Gasteiger partial charge is 0.395 e.